The third-order valence-electron chi connectivity index (χ3n) is 2.41. The topological polar surface area (TPSA) is 44.1 Å². The molecule has 0 radical (unpaired) electrons. The fourth-order valence-electron chi connectivity index (χ4n) is 1.61. The maximum atomic E-state index is 14.0. The van der Waals surface area contributed by atoms with Gasteiger partial charge in [-0.15, -0.1) is 0 Å². The van der Waals surface area contributed by atoms with E-state index in [0.29, 0.717) is 15.4 Å². The van der Waals surface area contributed by atoms with Crippen LogP contribution in [0, 0.1) is 5.82 Å². The first kappa shape index (κ1) is 12.3. The number of ether oxygens (including phenoxy) is 1. The summed E-state index contributed by atoms with van der Waals surface area (Å²) in [5.41, 5.74) is 0.126. The molecule has 4 nitrogen and oxygen atoms in total. The number of rotatable bonds is 1. The van der Waals surface area contributed by atoms with Crippen LogP contribution < -0.4 is 0 Å². The van der Waals surface area contributed by atoms with Gasteiger partial charge in [0, 0.05) is 12.4 Å². The number of aromatic nitrogens is 2. The van der Waals surface area contributed by atoms with Crippen molar-refractivity contribution in [2.75, 3.05) is 7.11 Å². The number of nitrogens with zero attached hydrogens (tertiary/aromatic N) is 2. The highest BCUT2D eigenvalue weighted by molar-refractivity contribution is 9.10. The van der Waals surface area contributed by atoms with Crippen molar-refractivity contribution in [2.45, 2.75) is 0 Å². The minimum absolute atomic E-state index is 0.161. The number of hydrogen-bond acceptors (Lipinski definition) is 3. The van der Waals surface area contributed by atoms with Gasteiger partial charge in [-0.05, 0) is 15.9 Å². The number of fused-ring (bicyclic) bond motifs is 1. The SMILES string of the molecule is COC(=O)c1c(F)c(Cl)c(Br)c2cnn(C)c12. The molecule has 0 amide bonds. The van der Waals surface area contributed by atoms with Gasteiger partial charge in [-0.3, -0.25) is 4.68 Å². The molecular formula is C10H7BrClFN2O2. The van der Waals surface area contributed by atoms with Gasteiger partial charge in [0.2, 0.25) is 0 Å². The van der Waals surface area contributed by atoms with E-state index in [1.165, 1.54) is 18.0 Å². The maximum absolute atomic E-state index is 14.0. The van der Waals surface area contributed by atoms with Crippen molar-refractivity contribution in [2.24, 2.45) is 7.05 Å². The maximum Gasteiger partial charge on any atom is 0.343 e. The molecule has 2 rings (SSSR count). The third kappa shape index (κ3) is 1.71. The van der Waals surface area contributed by atoms with Crippen LogP contribution in [-0.2, 0) is 11.8 Å². The Hall–Kier alpha value is -1.14. The normalized spacial score (nSPS) is 10.9. The van der Waals surface area contributed by atoms with Gasteiger partial charge in [0.15, 0.2) is 5.82 Å². The molecule has 1 aromatic carbocycles. The second-order valence-electron chi connectivity index (χ2n) is 3.34. The molecule has 0 spiro atoms. The quantitative estimate of drug-likeness (QED) is 0.599. The van der Waals surface area contributed by atoms with E-state index in [9.17, 15) is 9.18 Å². The van der Waals surface area contributed by atoms with Gasteiger partial charge in [0.05, 0.1) is 28.3 Å². The molecule has 0 fully saturated rings. The number of hydrogen-bond donors (Lipinski definition) is 0. The molecule has 2 aromatic rings. The molecule has 0 bridgehead atoms. The molecule has 0 aliphatic heterocycles. The molecular weight excluding hydrogens is 314 g/mol. The average molecular weight is 322 g/mol. The first-order valence-electron chi connectivity index (χ1n) is 4.55. The molecule has 0 atom stereocenters. The van der Waals surface area contributed by atoms with Crippen molar-refractivity contribution < 1.29 is 13.9 Å². The molecule has 0 saturated carbocycles. The zero-order chi connectivity index (χ0) is 12.7. The Labute approximate surface area is 109 Å². The third-order valence-corrected chi connectivity index (χ3v) is 3.81. The van der Waals surface area contributed by atoms with Crippen LogP contribution in [0.2, 0.25) is 5.02 Å². The molecule has 7 heteroatoms. The average Bonchev–Trinajstić information content (AvgIpc) is 2.69. The smallest absolute Gasteiger partial charge is 0.343 e. The Morgan fingerprint density at radius 2 is 2.29 bits per heavy atom. The minimum atomic E-state index is -0.818. The van der Waals surface area contributed by atoms with Crippen LogP contribution in [0.5, 0.6) is 0 Å². The van der Waals surface area contributed by atoms with Crippen LogP contribution in [0.1, 0.15) is 10.4 Å². The lowest BCUT2D eigenvalue weighted by atomic mass is 10.1. The van der Waals surface area contributed by atoms with E-state index in [-0.39, 0.29) is 10.6 Å². The van der Waals surface area contributed by atoms with Gasteiger partial charge in [0.25, 0.3) is 0 Å². The number of carbonyl (C=O) groups excluding carboxylic acids is 1. The van der Waals surface area contributed by atoms with Crippen LogP contribution in [-0.4, -0.2) is 22.9 Å². The molecule has 0 unspecified atom stereocenters. The number of carbonyl (C=O) groups is 1. The molecule has 0 aliphatic rings. The van der Waals surface area contributed by atoms with Gasteiger partial charge in [-0.2, -0.15) is 5.10 Å². The number of halogens is 3. The zero-order valence-corrected chi connectivity index (χ0v) is 11.3. The summed E-state index contributed by atoms with van der Waals surface area (Å²) in [7, 11) is 2.79. The zero-order valence-electron chi connectivity index (χ0n) is 8.92. The van der Waals surface area contributed by atoms with E-state index in [1.54, 1.807) is 7.05 Å². The van der Waals surface area contributed by atoms with Crippen LogP contribution in [0.15, 0.2) is 10.7 Å². The van der Waals surface area contributed by atoms with Gasteiger partial charge in [0.1, 0.15) is 5.56 Å². The standard InChI is InChI=1S/C10H7BrClFN2O2/c1-15-9-4(3-14-15)6(11)7(12)8(13)5(9)10(16)17-2/h3H,1-2H3. The fourth-order valence-corrected chi connectivity index (χ4v) is 2.27. The van der Waals surface area contributed by atoms with Crippen LogP contribution in [0.4, 0.5) is 4.39 Å². The Morgan fingerprint density at radius 1 is 1.65 bits per heavy atom. The van der Waals surface area contributed by atoms with Crippen molar-refractivity contribution in [3.63, 3.8) is 0 Å². The molecule has 17 heavy (non-hydrogen) atoms. The molecule has 1 heterocycles. The van der Waals surface area contributed by atoms with Crippen LogP contribution in [0.25, 0.3) is 10.9 Å². The monoisotopic (exact) mass is 320 g/mol. The Kier molecular flexibility index (Phi) is 3.09. The summed E-state index contributed by atoms with van der Waals surface area (Å²) >= 11 is 8.98. The molecule has 90 valence electrons. The van der Waals surface area contributed by atoms with Crippen molar-refractivity contribution in [3.8, 4) is 0 Å². The Balaban J connectivity index is 2.98. The van der Waals surface area contributed by atoms with E-state index in [2.05, 4.69) is 25.8 Å². The molecule has 0 saturated heterocycles. The molecule has 0 aliphatic carbocycles. The van der Waals surface area contributed by atoms with Crippen molar-refractivity contribution >= 4 is 44.4 Å². The summed E-state index contributed by atoms with van der Waals surface area (Å²) in [6.07, 6.45) is 1.50. The molecule has 0 N–H and O–H groups in total. The predicted molar refractivity (Wildman–Crippen MR) is 64.7 cm³/mol. The number of benzene rings is 1. The summed E-state index contributed by atoms with van der Waals surface area (Å²) in [5.74, 6) is -1.60. The van der Waals surface area contributed by atoms with E-state index in [1.807, 2.05) is 0 Å². The summed E-state index contributed by atoms with van der Waals surface area (Å²) in [6, 6.07) is 0. The summed E-state index contributed by atoms with van der Waals surface area (Å²) < 4.78 is 20.3. The highest BCUT2D eigenvalue weighted by Gasteiger charge is 2.25. The minimum Gasteiger partial charge on any atom is -0.465 e. The number of aryl methyl sites for hydroxylation is 1. The van der Waals surface area contributed by atoms with Gasteiger partial charge in [-0.1, -0.05) is 11.6 Å². The van der Waals surface area contributed by atoms with Crippen molar-refractivity contribution in [1.29, 1.82) is 0 Å². The highest BCUT2D eigenvalue weighted by atomic mass is 79.9. The van der Waals surface area contributed by atoms with E-state index in [4.69, 9.17) is 11.6 Å². The summed E-state index contributed by atoms with van der Waals surface area (Å²) in [5, 5.41) is 4.36. The van der Waals surface area contributed by atoms with E-state index >= 15 is 0 Å². The summed E-state index contributed by atoms with van der Waals surface area (Å²) in [6.45, 7) is 0. The number of methoxy groups -OCH3 is 1. The van der Waals surface area contributed by atoms with Crippen LogP contribution >= 0.6 is 27.5 Å². The Morgan fingerprint density at radius 3 is 2.88 bits per heavy atom. The second kappa shape index (κ2) is 4.27. The van der Waals surface area contributed by atoms with Crippen molar-refractivity contribution in [1.82, 2.24) is 9.78 Å². The lowest BCUT2D eigenvalue weighted by Gasteiger charge is -2.08. The molecule has 1 aromatic heterocycles. The lowest BCUT2D eigenvalue weighted by molar-refractivity contribution is 0.0597. The first-order valence-corrected chi connectivity index (χ1v) is 5.72. The van der Waals surface area contributed by atoms with Gasteiger partial charge < -0.3 is 4.74 Å². The Bertz CT molecular complexity index is 627. The van der Waals surface area contributed by atoms with Crippen LogP contribution in [0.3, 0.4) is 0 Å². The lowest BCUT2D eigenvalue weighted by Crippen LogP contribution is -2.08. The van der Waals surface area contributed by atoms with Gasteiger partial charge >= 0.3 is 5.97 Å². The summed E-state index contributed by atoms with van der Waals surface area (Å²) in [4.78, 5) is 11.6. The first-order chi connectivity index (χ1) is 7.99. The highest BCUT2D eigenvalue weighted by Crippen LogP contribution is 2.36. The van der Waals surface area contributed by atoms with E-state index < -0.39 is 11.8 Å². The second-order valence-corrected chi connectivity index (χ2v) is 4.51. The fraction of sp³-hybridized carbons (Fsp3) is 0.200. The largest absolute Gasteiger partial charge is 0.465 e. The van der Waals surface area contributed by atoms with Gasteiger partial charge in [-0.25, -0.2) is 9.18 Å². The van der Waals surface area contributed by atoms with Crippen molar-refractivity contribution in [3.05, 3.63) is 27.1 Å². The van der Waals surface area contributed by atoms with E-state index in [0.717, 1.165) is 0 Å². The number of esters is 1. The predicted octanol–water partition coefficient (Wildman–Crippen LogP) is 2.91.